The van der Waals surface area contributed by atoms with E-state index < -0.39 is 23.6 Å². The van der Waals surface area contributed by atoms with Crippen molar-refractivity contribution in [1.29, 1.82) is 0 Å². The number of para-hydroxylation sites is 1. The number of alkyl carbamates (subject to hydrolysis) is 1. The summed E-state index contributed by atoms with van der Waals surface area (Å²) in [5, 5.41) is 11.3. The highest BCUT2D eigenvalue weighted by molar-refractivity contribution is 6.40. The highest BCUT2D eigenvalue weighted by Crippen LogP contribution is 2.26. The Kier molecular flexibility index (Phi) is 8.31. The second kappa shape index (κ2) is 11.2. The maximum atomic E-state index is 13.2. The molecule has 0 aliphatic carbocycles. The molecule has 1 fully saturated rings. The molecule has 0 saturated carbocycles. The molecule has 3 rings (SSSR count). The zero-order valence-corrected chi connectivity index (χ0v) is 20.5. The molecule has 2 aliphatic heterocycles. The molecule has 4 amide bonds. The molecule has 0 aromatic heterocycles. The average molecular weight is 487 g/mol. The molecule has 35 heavy (non-hydrogen) atoms. The molecule has 1 aromatic rings. The smallest absolute Gasteiger partial charge is 0.407 e. The number of primary amides is 1. The summed E-state index contributed by atoms with van der Waals surface area (Å²) in [6.07, 6.45) is 0.904. The van der Waals surface area contributed by atoms with E-state index in [-0.39, 0.29) is 49.5 Å². The van der Waals surface area contributed by atoms with Gasteiger partial charge in [0.15, 0.2) is 0 Å². The Labute approximate surface area is 205 Å². The largest absolute Gasteiger partial charge is 0.444 e. The fourth-order valence-electron chi connectivity index (χ4n) is 4.05. The van der Waals surface area contributed by atoms with E-state index in [1.807, 2.05) is 18.2 Å². The van der Waals surface area contributed by atoms with Crippen molar-refractivity contribution >= 4 is 35.2 Å². The van der Waals surface area contributed by atoms with Gasteiger partial charge >= 0.3 is 6.09 Å². The van der Waals surface area contributed by atoms with Crippen LogP contribution in [0.4, 0.5) is 10.5 Å². The number of carbonyl (C=O) groups is 4. The number of anilines is 1. The molecule has 2 heterocycles. The molecule has 0 spiro atoms. The number of nitrogens with one attached hydrogen (secondary N) is 2. The van der Waals surface area contributed by atoms with E-state index >= 15 is 0 Å². The van der Waals surface area contributed by atoms with Gasteiger partial charge in [-0.25, -0.2) is 4.79 Å². The lowest BCUT2D eigenvalue weighted by Gasteiger charge is -2.32. The van der Waals surface area contributed by atoms with Gasteiger partial charge in [-0.05, 0) is 45.7 Å². The topological polar surface area (TPSA) is 146 Å². The molecule has 1 saturated heterocycles. The molecular formula is C24H34N6O5. The molecular weight excluding hydrogens is 452 g/mol. The molecule has 2 aliphatic rings. The van der Waals surface area contributed by atoms with Crippen LogP contribution in [0.15, 0.2) is 35.4 Å². The van der Waals surface area contributed by atoms with E-state index in [1.54, 1.807) is 37.8 Å². The van der Waals surface area contributed by atoms with Crippen molar-refractivity contribution in [2.24, 2.45) is 16.8 Å². The first-order valence-electron chi connectivity index (χ1n) is 11.8. The fourth-order valence-corrected chi connectivity index (χ4v) is 4.05. The summed E-state index contributed by atoms with van der Waals surface area (Å²) in [4.78, 5) is 51.1. The van der Waals surface area contributed by atoms with Gasteiger partial charge in [0.2, 0.25) is 11.8 Å². The van der Waals surface area contributed by atoms with E-state index in [0.717, 1.165) is 0 Å². The monoisotopic (exact) mass is 486 g/mol. The summed E-state index contributed by atoms with van der Waals surface area (Å²) in [5.74, 6) is -1.40. The lowest BCUT2D eigenvalue weighted by atomic mass is 9.96. The van der Waals surface area contributed by atoms with Gasteiger partial charge in [0.25, 0.3) is 5.91 Å². The van der Waals surface area contributed by atoms with Gasteiger partial charge in [0, 0.05) is 32.6 Å². The van der Waals surface area contributed by atoms with Crippen LogP contribution in [0.1, 0.15) is 40.0 Å². The number of likely N-dealkylation sites (tertiary alicyclic amines) is 1. The quantitative estimate of drug-likeness (QED) is 0.490. The van der Waals surface area contributed by atoms with E-state index in [9.17, 15) is 19.2 Å². The molecule has 1 aromatic carbocycles. The summed E-state index contributed by atoms with van der Waals surface area (Å²) >= 11 is 0. The van der Waals surface area contributed by atoms with Gasteiger partial charge in [-0.2, -0.15) is 5.10 Å². The van der Waals surface area contributed by atoms with Crippen molar-refractivity contribution in [2.75, 3.05) is 31.2 Å². The summed E-state index contributed by atoms with van der Waals surface area (Å²) in [5.41, 5.74) is 5.90. The third-order valence-electron chi connectivity index (χ3n) is 5.68. The minimum absolute atomic E-state index is 0.118. The number of carbonyl (C=O) groups excluding carboxylic acids is 4. The molecule has 2 atom stereocenters. The number of nitrogens with two attached hydrogens (primary N) is 1. The van der Waals surface area contributed by atoms with Gasteiger partial charge in [-0.15, -0.1) is 0 Å². The summed E-state index contributed by atoms with van der Waals surface area (Å²) < 4.78 is 5.16. The van der Waals surface area contributed by atoms with Crippen molar-refractivity contribution in [3.8, 4) is 0 Å². The van der Waals surface area contributed by atoms with Crippen molar-refractivity contribution in [3.63, 3.8) is 0 Å². The number of piperidine rings is 1. The van der Waals surface area contributed by atoms with Crippen LogP contribution in [-0.2, 0) is 19.1 Å². The molecule has 11 heteroatoms. The molecule has 4 N–H and O–H groups in total. The summed E-state index contributed by atoms with van der Waals surface area (Å²) in [6, 6.07) is 8.34. The van der Waals surface area contributed by atoms with Crippen LogP contribution in [-0.4, -0.2) is 72.2 Å². The Balaban J connectivity index is 1.53. The zero-order valence-electron chi connectivity index (χ0n) is 20.5. The normalized spacial score (nSPS) is 20.1. The standard InChI is InChI=1S/C24H34N6O5/c1-24(2,3)35-23(34)27-12-11-26-21(32)16-8-7-13-29(15-16)22(33)18-14-19(20(25)31)30(28-18)17-9-5-4-6-10-17/h4-6,9-10,16,19H,7-8,11-15H2,1-3H3,(H2,25,31)(H,26,32)(H,27,34). The van der Waals surface area contributed by atoms with Crippen molar-refractivity contribution < 1.29 is 23.9 Å². The first kappa shape index (κ1) is 26.0. The Bertz CT molecular complexity index is 974. The maximum Gasteiger partial charge on any atom is 0.407 e. The highest BCUT2D eigenvalue weighted by Gasteiger charge is 2.38. The first-order valence-corrected chi connectivity index (χ1v) is 11.8. The van der Waals surface area contributed by atoms with E-state index in [1.165, 1.54) is 5.01 Å². The van der Waals surface area contributed by atoms with Crippen molar-refractivity contribution in [1.82, 2.24) is 15.5 Å². The van der Waals surface area contributed by atoms with Crippen molar-refractivity contribution in [3.05, 3.63) is 30.3 Å². The SMILES string of the molecule is CC(C)(C)OC(=O)NCCNC(=O)C1CCCN(C(=O)C2=NN(c3ccccc3)C(C(N)=O)C2)C1. The highest BCUT2D eigenvalue weighted by atomic mass is 16.6. The Morgan fingerprint density at radius 2 is 1.80 bits per heavy atom. The number of hydrogen-bond acceptors (Lipinski definition) is 7. The van der Waals surface area contributed by atoms with Crippen LogP contribution < -0.4 is 21.4 Å². The van der Waals surface area contributed by atoms with Crippen molar-refractivity contribution in [2.45, 2.75) is 51.7 Å². The Morgan fingerprint density at radius 3 is 2.46 bits per heavy atom. The van der Waals surface area contributed by atoms with E-state index in [0.29, 0.717) is 25.1 Å². The molecule has 2 unspecified atom stereocenters. The van der Waals surface area contributed by atoms with E-state index in [4.69, 9.17) is 10.5 Å². The Hall–Kier alpha value is -3.63. The summed E-state index contributed by atoms with van der Waals surface area (Å²) in [7, 11) is 0. The number of hydrogen-bond donors (Lipinski definition) is 3. The predicted octanol–water partition coefficient (Wildman–Crippen LogP) is 0.986. The zero-order chi connectivity index (χ0) is 25.6. The Morgan fingerprint density at radius 1 is 1.11 bits per heavy atom. The molecule has 190 valence electrons. The van der Waals surface area contributed by atoms with Gasteiger partial charge in [-0.1, -0.05) is 18.2 Å². The van der Waals surface area contributed by atoms with Crippen LogP contribution >= 0.6 is 0 Å². The van der Waals surface area contributed by atoms with Crippen LogP contribution in [0.5, 0.6) is 0 Å². The van der Waals surface area contributed by atoms with Gasteiger partial charge in [-0.3, -0.25) is 19.4 Å². The number of hydrazone groups is 1. The molecule has 11 nitrogen and oxygen atoms in total. The van der Waals surface area contributed by atoms with Crippen LogP contribution in [0, 0.1) is 5.92 Å². The van der Waals surface area contributed by atoms with Gasteiger partial charge in [0.1, 0.15) is 17.4 Å². The minimum atomic E-state index is -0.738. The first-order chi connectivity index (χ1) is 16.5. The molecule has 0 radical (unpaired) electrons. The van der Waals surface area contributed by atoms with Gasteiger partial charge in [0.05, 0.1) is 11.6 Å². The van der Waals surface area contributed by atoms with Crippen LogP contribution in [0.2, 0.25) is 0 Å². The van der Waals surface area contributed by atoms with Gasteiger partial charge < -0.3 is 26.0 Å². The third kappa shape index (κ3) is 7.17. The van der Waals surface area contributed by atoms with Crippen LogP contribution in [0.25, 0.3) is 0 Å². The average Bonchev–Trinajstić information content (AvgIpc) is 3.27. The second-order valence-corrected chi connectivity index (χ2v) is 9.66. The number of amides is 4. The summed E-state index contributed by atoms with van der Waals surface area (Å²) in [6.45, 7) is 6.57. The van der Waals surface area contributed by atoms with E-state index in [2.05, 4.69) is 15.7 Å². The maximum absolute atomic E-state index is 13.2. The lowest BCUT2D eigenvalue weighted by molar-refractivity contribution is -0.131. The minimum Gasteiger partial charge on any atom is -0.444 e. The fraction of sp³-hybridized carbons (Fsp3) is 0.542. The lowest BCUT2D eigenvalue weighted by Crippen LogP contribution is -2.48. The number of nitrogens with zero attached hydrogens (tertiary/aromatic N) is 3. The number of benzene rings is 1. The second-order valence-electron chi connectivity index (χ2n) is 9.66. The predicted molar refractivity (Wildman–Crippen MR) is 131 cm³/mol. The number of ether oxygens (including phenoxy) is 1. The number of rotatable bonds is 7. The molecule has 0 bridgehead atoms. The third-order valence-corrected chi connectivity index (χ3v) is 5.68. The van der Waals surface area contributed by atoms with Crippen LogP contribution in [0.3, 0.4) is 0 Å².